The van der Waals surface area contributed by atoms with E-state index in [0.717, 1.165) is 30.0 Å². The third-order valence-electron chi connectivity index (χ3n) is 6.91. The van der Waals surface area contributed by atoms with E-state index in [1.165, 1.54) is 38.5 Å². The summed E-state index contributed by atoms with van der Waals surface area (Å²) < 4.78 is 0. The highest BCUT2D eigenvalue weighted by molar-refractivity contribution is 6.34. The van der Waals surface area contributed by atoms with E-state index in [4.69, 9.17) is 16.7 Å². The van der Waals surface area contributed by atoms with Gasteiger partial charge in [0.1, 0.15) is 0 Å². The Hall–Kier alpha value is -1.50. The molecule has 0 atom stereocenters. The average Bonchev–Trinajstić information content (AvgIpc) is 2.66. The summed E-state index contributed by atoms with van der Waals surface area (Å²) in [7, 11) is 0. The molecule has 0 saturated heterocycles. The Morgan fingerprint density at radius 2 is 1.70 bits per heavy atom. The van der Waals surface area contributed by atoms with Crippen LogP contribution >= 0.6 is 24.0 Å². The number of anilines is 1. The van der Waals surface area contributed by atoms with Crippen molar-refractivity contribution in [2.75, 3.05) is 31.5 Å². The van der Waals surface area contributed by atoms with E-state index in [-0.39, 0.29) is 24.9 Å². The normalized spacial score (nSPS) is 28.6. The second-order valence-electron chi connectivity index (χ2n) is 9.29. The Bertz CT molecular complexity index is 752. The third kappa shape index (κ3) is 5.40. The van der Waals surface area contributed by atoms with Crippen LogP contribution in [0.1, 0.15) is 48.9 Å². The fraction of sp³-hybridized carbons (Fsp3) is 0.636. The Morgan fingerprint density at radius 3 is 2.30 bits per heavy atom. The average molecular weight is 456 g/mol. The van der Waals surface area contributed by atoms with Crippen molar-refractivity contribution in [3.8, 4) is 0 Å². The van der Waals surface area contributed by atoms with Crippen molar-refractivity contribution in [3.05, 3.63) is 28.8 Å². The van der Waals surface area contributed by atoms with Gasteiger partial charge in [0.05, 0.1) is 17.1 Å². The summed E-state index contributed by atoms with van der Waals surface area (Å²) in [4.78, 5) is 23.4. The summed E-state index contributed by atoms with van der Waals surface area (Å²) in [6, 6.07) is 5.33. The van der Waals surface area contributed by atoms with Crippen LogP contribution in [0.25, 0.3) is 0 Å². The monoisotopic (exact) mass is 455 g/mol. The first-order chi connectivity index (χ1) is 13.9. The maximum absolute atomic E-state index is 12.9. The van der Waals surface area contributed by atoms with Crippen LogP contribution in [0.5, 0.6) is 0 Å². The number of carboxylic acid groups (broad SMARTS) is 1. The van der Waals surface area contributed by atoms with Gasteiger partial charge in [-0.1, -0.05) is 11.6 Å². The fourth-order valence-corrected chi connectivity index (χ4v) is 6.37. The lowest BCUT2D eigenvalue weighted by Gasteiger charge is -2.56. The number of nitrogens with one attached hydrogen (secondary N) is 3. The molecule has 4 N–H and O–H groups in total. The molecule has 1 amide bonds. The maximum atomic E-state index is 12.9. The molecule has 166 valence electrons. The van der Waals surface area contributed by atoms with Gasteiger partial charge in [-0.25, -0.2) is 0 Å². The number of carbonyl (C=O) groups excluding carboxylic acids is 1. The van der Waals surface area contributed by atoms with Gasteiger partial charge in [-0.15, -0.1) is 12.4 Å². The second-order valence-corrected chi connectivity index (χ2v) is 9.70. The van der Waals surface area contributed by atoms with Crippen LogP contribution in [0, 0.1) is 23.2 Å². The van der Waals surface area contributed by atoms with E-state index in [2.05, 4.69) is 16.0 Å². The molecule has 0 radical (unpaired) electrons. The number of halogens is 2. The number of amides is 1. The lowest BCUT2D eigenvalue weighted by Crippen LogP contribution is -2.51. The third-order valence-corrected chi connectivity index (χ3v) is 7.24. The van der Waals surface area contributed by atoms with Gasteiger partial charge in [0, 0.05) is 25.3 Å². The fourth-order valence-electron chi connectivity index (χ4n) is 6.17. The van der Waals surface area contributed by atoms with E-state index in [9.17, 15) is 9.59 Å². The molecule has 4 saturated carbocycles. The van der Waals surface area contributed by atoms with Crippen LogP contribution in [-0.2, 0) is 4.79 Å². The summed E-state index contributed by atoms with van der Waals surface area (Å²) in [6.07, 6.45) is 7.98. The molecule has 1 aromatic rings. The first kappa shape index (κ1) is 23.2. The van der Waals surface area contributed by atoms with Gasteiger partial charge in [-0.2, -0.15) is 0 Å². The van der Waals surface area contributed by atoms with E-state index >= 15 is 0 Å². The molecule has 8 heteroatoms. The molecule has 4 bridgehead atoms. The van der Waals surface area contributed by atoms with Crippen LogP contribution in [0.15, 0.2) is 18.2 Å². The molecular weight excluding hydrogens is 425 g/mol. The molecule has 0 heterocycles. The molecular formula is C22H31Cl2N3O3. The summed E-state index contributed by atoms with van der Waals surface area (Å²) in [6.45, 7) is 1.76. The highest BCUT2D eigenvalue weighted by Crippen LogP contribution is 2.59. The zero-order valence-electron chi connectivity index (χ0n) is 17.1. The number of aliphatic carboxylic acids is 1. The highest BCUT2D eigenvalue weighted by atomic mass is 35.5. The molecule has 30 heavy (non-hydrogen) atoms. The van der Waals surface area contributed by atoms with Gasteiger partial charge in [0.25, 0.3) is 5.91 Å². The molecule has 4 aliphatic rings. The number of hydrogen-bond acceptors (Lipinski definition) is 4. The van der Waals surface area contributed by atoms with Gasteiger partial charge < -0.3 is 21.1 Å². The molecule has 0 spiro atoms. The molecule has 6 nitrogen and oxygen atoms in total. The van der Waals surface area contributed by atoms with Crippen LogP contribution in [0.4, 0.5) is 5.69 Å². The molecule has 0 aromatic heterocycles. The molecule has 5 rings (SSSR count). The van der Waals surface area contributed by atoms with Crippen molar-refractivity contribution in [1.82, 2.24) is 10.6 Å². The minimum Gasteiger partial charge on any atom is -0.480 e. The van der Waals surface area contributed by atoms with Crippen molar-refractivity contribution < 1.29 is 14.7 Å². The van der Waals surface area contributed by atoms with E-state index < -0.39 is 5.97 Å². The standard InChI is InChI=1S/C22H30ClN3O3.ClH/c23-19-2-1-17(25-4-3-24-12-20(27)28)8-18(19)21(29)26-13-22-9-14-5-15(10-22)7-16(6-14)11-22;/h1-2,8,14-16,24-25H,3-7,9-13H2,(H,26,29)(H,27,28);1H. The Balaban J connectivity index is 0.00000256. The van der Waals surface area contributed by atoms with Gasteiger partial charge in [0.15, 0.2) is 0 Å². The van der Waals surface area contributed by atoms with Gasteiger partial charge >= 0.3 is 5.97 Å². The van der Waals surface area contributed by atoms with E-state index in [0.29, 0.717) is 29.1 Å². The number of carbonyl (C=O) groups is 2. The van der Waals surface area contributed by atoms with Gasteiger partial charge in [0.2, 0.25) is 0 Å². The van der Waals surface area contributed by atoms with Crippen molar-refractivity contribution in [2.24, 2.45) is 23.2 Å². The zero-order valence-corrected chi connectivity index (χ0v) is 18.7. The number of rotatable bonds is 9. The SMILES string of the molecule is Cl.O=C(O)CNCCNc1ccc(Cl)c(C(=O)NCC23CC4CC(CC(C4)C2)C3)c1. The van der Waals surface area contributed by atoms with Crippen molar-refractivity contribution in [3.63, 3.8) is 0 Å². The van der Waals surface area contributed by atoms with Crippen LogP contribution < -0.4 is 16.0 Å². The molecule has 4 aliphatic carbocycles. The quantitative estimate of drug-likeness (QED) is 0.425. The Labute approximate surface area is 188 Å². The van der Waals surface area contributed by atoms with Crippen LogP contribution in [-0.4, -0.2) is 43.2 Å². The van der Waals surface area contributed by atoms with Gasteiger partial charge in [-0.3, -0.25) is 9.59 Å². The summed E-state index contributed by atoms with van der Waals surface area (Å²) in [5.41, 5.74) is 1.58. The van der Waals surface area contributed by atoms with E-state index in [1.54, 1.807) is 12.1 Å². The van der Waals surface area contributed by atoms with Crippen molar-refractivity contribution >= 4 is 41.6 Å². The summed E-state index contributed by atoms with van der Waals surface area (Å²) in [5, 5.41) is 18.3. The Morgan fingerprint density at radius 1 is 1.07 bits per heavy atom. The predicted octanol–water partition coefficient (Wildman–Crippen LogP) is 3.79. The summed E-state index contributed by atoms with van der Waals surface area (Å²) in [5.74, 6) is 1.60. The topological polar surface area (TPSA) is 90.5 Å². The molecule has 1 aromatic carbocycles. The van der Waals surface area contributed by atoms with Crippen LogP contribution in [0.2, 0.25) is 5.02 Å². The number of carboxylic acids is 1. The predicted molar refractivity (Wildman–Crippen MR) is 121 cm³/mol. The number of hydrogen-bond donors (Lipinski definition) is 4. The first-order valence-corrected chi connectivity index (χ1v) is 11.0. The minimum atomic E-state index is -0.880. The number of benzene rings is 1. The molecule has 0 aliphatic heterocycles. The Kier molecular flexibility index (Phi) is 7.53. The zero-order chi connectivity index (χ0) is 20.4. The largest absolute Gasteiger partial charge is 0.480 e. The lowest BCUT2D eigenvalue weighted by molar-refractivity contribution is -0.135. The maximum Gasteiger partial charge on any atom is 0.317 e. The first-order valence-electron chi connectivity index (χ1n) is 10.7. The molecule has 4 fully saturated rings. The smallest absolute Gasteiger partial charge is 0.317 e. The lowest BCUT2D eigenvalue weighted by atomic mass is 9.49. The van der Waals surface area contributed by atoms with Crippen molar-refractivity contribution in [1.29, 1.82) is 0 Å². The minimum absolute atomic E-state index is 0. The molecule has 0 unspecified atom stereocenters. The van der Waals surface area contributed by atoms with Crippen LogP contribution in [0.3, 0.4) is 0 Å². The second kappa shape index (κ2) is 9.75. The van der Waals surface area contributed by atoms with Gasteiger partial charge in [-0.05, 0) is 79.9 Å². The summed E-state index contributed by atoms with van der Waals surface area (Å²) >= 11 is 6.30. The van der Waals surface area contributed by atoms with Crippen molar-refractivity contribution in [2.45, 2.75) is 38.5 Å². The van der Waals surface area contributed by atoms with E-state index in [1.807, 2.05) is 6.07 Å². The highest BCUT2D eigenvalue weighted by Gasteiger charge is 2.50.